The van der Waals surface area contributed by atoms with Gasteiger partial charge in [0.25, 0.3) is 0 Å². The molecule has 0 saturated carbocycles. The zero-order valence-corrected chi connectivity index (χ0v) is 41.2. The first kappa shape index (κ1) is 42.0. The second-order valence-electron chi connectivity index (χ2n) is 19.7. The molecule has 4 heteroatoms. The Morgan fingerprint density at radius 1 is 0.200 bits per heavy atom. The molecule has 0 atom stereocenters. The van der Waals surface area contributed by atoms with Gasteiger partial charge in [0, 0.05) is 36.9 Å². The summed E-state index contributed by atoms with van der Waals surface area (Å²) >= 11 is 1.89. The molecule has 0 aliphatic rings. The van der Waals surface area contributed by atoms with Crippen LogP contribution in [0.5, 0.6) is 0 Å². The number of nitrogens with zero attached hydrogens (tertiary/aromatic N) is 3. The summed E-state index contributed by atoms with van der Waals surface area (Å²) in [6.45, 7) is 0. The van der Waals surface area contributed by atoms with E-state index in [1.54, 1.807) is 0 Å². The summed E-state index contributed by atoms with van der Waals surface area (Å²) in [6.07, 6.45) is 0. The molecule has 0 N–H and O–H groups in total. The molecule has 2 aromatic heterocycles. The Morgan fingerprint density at radius 3 is 1.05 bits per heavy atom. The van der Waals surface area contributed by atoms with Crippen LogP contribution in [0.25, 0.3) is 163 Å². The molecule has 3 nitrogen and oxygen atoms in total. The summed E-state index contributed by atoms with van der Waals surface area (Å²) in [6, 6.07) is 90.8. The molecule has 0 bridgehead atoms. The van der Waals surface area contributed by atoms with Crippen molar-refractivity contribution < 1.29 is 0 Å². The lowest BCUT2D eigenvalue weighted by Gasteiger charge is -2.22. The quantitative estimate of drug-likeness (QED) is 0.127. The van der Waals surface area contributed by atoms with E-state index in [0.29, 0.717) is 17.5 Å². The number of hydrogen-bond acceptors (Lipinski definition) is 4. The maximum absolute atomic E-state index is 5.31. The molecule has 0 unspecified atom stereocenters. The van der Waals surface area contributed by atoms with Gasteiger partial charge in [0.1, 0.15) is 0 Å². The number of rotatable bonds is 5. The van der Waals surface area contributed by atoms with Gasteiger partial charge in [-0.15, -0.1) is 11.3 Å². The third-order valence-corrected chi connectivity index (χ3v) is 16.8. The van der Waals surface area contributed by atoms with Crippen LogP contribution in [0, 0.1) is 0 Å². The average molecular weight is 968 g/mol. The molecule has 0 saturated heterocycles. The monoisotopic (exact) mass is 967 g/mol. The second-order valence-corrected chi connectivity index (χ2v) is 20.8. The third-order valence-electron chi connectivity index (χ3n) is 15.6. The minimum absolute atomic E-state index is 0.641. The van der Waals surface area contributed by atoms with E-state index in [9.17, 15) is 0 Å². The number of benzene rings is 14. The van der Waals surface area contributed by atoms with Crippen LogP contribution < -0.4 is 0 Å². The van der Waals surface area contributed by atoms with E-state index in [-0.39, 0.29) is 0 Å². The molecular weight excluding hydrogens is 927 g/mol. The van der Waals surface area contributed by atoms with E-state index in [0.717, 1.165) is 38.2 Å². The van der Waals surface area contributed by atoms with Crippen LogP contribution in [0.4, 0.5) is 0 Å². The Morgan fingerprint density at radius 2 is 0.560 bits per heavy atom. The summed E-state index contributed by atoms with van der Waals surface area (Å²) in [4.78, 5) is 15.7. The number of thiophene rings is 1. The van der Waals surface area contributed by atoms with Crippen LogP contribution in [0.3, 0.4) is 0 Å². The summed E-state index contributed by atoms with van der Waals surface area (Å²) in [5.41, 5.74) is 7.74. The van der Waals surface area contributed by atoms with Crippen molar-refractivity contribution in [3.8, 4) is 56.4 Å². The van der Waals surface area contributed by atoms with Crippen LogP contribution in [0.15, 0.2) is 249 Å². The zero-order chi connectivity index (χ0) is 49.1. The SMILES string of the molecule is c1ccc(-c2nc(-c3ccccc3)nc(-c3c4ccccc4c(-c4c5ccccc5c(-c5ccc6sc7cc8c9ccccc9c9cc%10ccccc%10cc9c8cc7c6c5)c5ccccc45)c4ccccc34)n2)cc1. The predicted octanol–water partition coefficient (Wildman–Crippen LogP) is 19.8. The summed E-state index contributed by atoms with van der Waals surface area (Å²) in [5, 5.41) is 22.2. The van der Waals surface area contributed by atoms with E-state index < -0.39 is 0 Å². The molecular formula is C71H41N3S. The number of aromatic nitrogens is 3. The van der Waals surface area contributed by atoms with Crippen molar-refractivity contribution in [1.82, 2.24) is 15.0 Å². The molecule has 75 heavy (non-hydrogen) atoms. The van der Waals surface area contributed by atoms with Gasteiger partial charge in [-0.25, -0.2) is 15.0 Å². The fourth-order valence-electron chi connectivity index (χ4n) is 12.3. The van der Waals surface area contributed by atoms with Crippen molar-refractivity contribution in [2.45, 2.75) is 0 Å². The van der Waals surface area contributed by atoms with Gasteiger partial charge in [-0.1, -0.05) is 212 Å². The molecule has 0 aliphatic carbocycles. The normalized spacial score (nSPS) is 12.0. The van der Waals surface area contributed by atoms with Crippen LogP contribution in [-0.2, 0) is 0 Å². The van der Waals surface area contributed by atoms with Crippen molar-refractivity contribution in [3.05, 3.63) is 249 Å². The average Bonchev–Trinajstić information content (AvgIpc) is 3.88. The van der Waals surface area contributed by atoms with E-state index in [1.807, 2.05) is 47.7 Å². The van der Waals surface area contributed by atoms with Crippen molar-refractivity contribution in [3.63, 3.8) is 0 Å². The van der Waals surface area contributed by atoms with Crippen LogP contribution >= 0.6 is 11.3 Å². The Hall–Kier alpha value is -9.61. The smallest absolute Gasteiger partial charge is 0.165 e. The largest absolute Gasteiger partial charge is 0.208 e. The lowest BCUT2D eigenvalue weighted by atomic mass is 9.81. The van der Waals surface area contributed by atoms with Crippen molar-refractivity contribution >= 4 is 118 Å². The van der Waals surface area contributed by atoms with Gasteiger partial charge >= 0.3 is 0 Å². The minimum Gasteiger partial charge on any atom is -0.208 e. The zero-order valence-electron chi connectivity index (χ0n) is 40.4. The molecule has 0 fully saturated rings. The van der Waals surface area contributed by atoms with Crippen molar-refractivity contribution in [2.75, 3.05) is 0 Å². The fraction of sp³-hybridized carbons (Fsp3) is 0. The van der Waals surface area contributed by atoms with Gasteiger partial charge in [-0.05, 0) is 145 Å². The van der Waals surface area contributed by atoms with Gasteiger partial charge in [0.2, 0.25) is 0 Å². The van der Waals surface area contributed by atoms with E-state index in [1.165, 1.54) is 107 Å². The minimum atomic E-state index is 0.641. The second kappa shape index (κ2) is 16.5. The van der Waals surface area contributed by atoms with E-state index >= 15 is 0 Å². The Kier molecular flexibility index (Phi) is 9.20. The summed E-state index contributed by atoms with van der Waals surface area (Å²) in [7, 11) is 0. The van der Waals surface area contributed by atoms with Gasteiger partial charge < -0.3 is 0 Å². The van der Waals surface area contributed by atoms with Gasteiger partial charge in [-0.2, -0.15) is 0 Å². The third kappa shape index (κ3) is 6.43. The van der Waals surface area contributed by atoms with Crippen molar-refractivity contribution in [1.29, 1.82) is 0 Å². The number of hydrogen-bond donors (Lipinski definition) is 0. The van der Waals surface area contributed by atoms with Crippen LogP contribution in [-0.4, -0.2) is 15.0 Å². The summed E-state index contributed by atoms with van der Waals surface area (Å²) < 4.78 is 2.59. The molecule has 0 aliphatic heterocycles. The highest BCUT2D eigenvalue weighted by Crippen LogP contribution is 2.51. The topological polar surface area (TPSA) is 38.7 Å². The maximum Gasteiger partial charge on any atom is 0.165 e. The molecule has 0 amide bonds. The van der Waals surface area contributed by atoms with Crippen LogP contribution in [0.2, 0.25) is 0 Å². The van der Waals surface area contributed by atoms with Gasteiger partial charge in [-0.3, -0.25) is 0 Å². The number of fused-ring (bicyclic) bond motifs is 14. The molecule has 16 aromatic rings. The van der Waals surface area contributed by atoms with Crippen molar-refractivity contribution in [2.24, 2.45) is 0 Å². The molecule has 16 rings (SSSR count). The standard InChI is InChI=1S/C71H41N3S/c1-3-19-42(20-4-1)69-72-70(43-21-5-2-6-22-43)74-71(73-69)68-55-33-17-15-31-53(55)67(54-32-16-18-34-56(54)68)66-51-29-13-11-27-49(51)65(50-28-12-14-30-52(50)66)46-35-36-63-61(39-46)62-40-59-58-38-45-24-8-7-23-44(45)37-57(58)47-25-9-10-26-48(47)60(59)41-64(62)75-63/h1-41H. The Balaban J connectivity index is 0.945. The molecule has 0 radical (unpaired) electrons. The highest BCUT2D eigenvalue weighted by Gasteiger charge is 2.25. The first-order valence-electron chi connectivity index (χ1n) is 25.6. The first-order chi connectivity index (χ1) is 37.2. The molecule has 2 heterocycles. The highest BCUT2D eigenvalue weighted by molar-refractivity contribution is 7.25. The maximum atomic E-state index is 5.31. The first-order valence-corrected chi connectivity index (χ1v) is 26.4. The Labute approximate surface area is 435 Å². The molecule has 14 aromatic carbocycles. The highest BCUT2D eigenvalue weighted by atomic mass is 32.1. The lowest BCUT2D eigenvalue weighted by Crippen LogP contribution is -2.01. The Bertz CT molecular complexity index is 4890. The lowest BCUT2D eigenvalue weighted by molar-refractivity contribution is 1.08. The molecule has 0 spiro atoms. The van der Waals surface area contributed by atoms with Gasteiger partial charge in [0.05, 0.1) is 0 Å². The van der Waals surface area contributed by atoms with E-state index in [4.69, 9.17) is 15.0 Å². The summed E-state index contributed by atoms with van der Waals surface area (Å²) in [5.74, 6) is 1.93. The van der Waals surface area contributed by atoms with Crippen LogP contribution in [0.1, 0.15) is 0 Å². The molecule has 346 valence electrons. The predicted molar refractivity (Wildman–Crippen MR) is 320 cm³/mol. The fourth-order valence-corrected chi connectivity index (χ4v) is 13.4. The van der Waals surface area contributed by atoms with Gasteiger partial charge in [0.15, 0.2) is 17.5 Å². The van der Waals surface area contributed by atoms with E-state index in [2.05, 4.69) is 212 Å².